The van der Waals surface area contributed by atoms with Gasteiger partial charge in [-0.25, -0.2) is 13.9 Å². The maximum atomic E-state index is 13.3. The van der Waals surface area contributed by atoms with Gasteiger partial charge in [0.05, 0.1) is 44.1 Å². The van der Waals surface area contributed by atoms with Gasteiger partial charge in [0.25, 0.3) is 0 Å². The van der Waals surface area contributed by atoms with E-state index in [4.69, 9.17) is 29.0 Å². The fraction of sp³-hybridized carbons (Fsp3) is 0.778. The van der Waals surface area contributed by atoms with Crippen molar-refractivity contribution in [2.75, 3.05) is 25.6 Å². The van der Waals surface area contributed by atoms with E-state index < -0.39 is 127 Å². The Kier molecular flexibility index (Phi) is 26.9. The average Bonchev–Trinajstić information content (AvgIpc) is 3.27. The van der Waals surface area contributed by atoms with Crippen LogP contribution in [0.1, 0.15) is 143 Å². The highest BCUT2D eigenvalue weighted by molar-refractivity contribution is 7.61. The third-order valence-corrected chi connectivity index (χ3v) is 14.8. The zero-order valence-electron chi connectivity index (χ0n) is 39.7. The predicted molar refractivity (Wildman–Crippen MR) is 249 cm³/mol. The maximum Gasteiger partial charge on any atom is 0.481 e. The first kappa shape index (κ1) is 59.4. The summed E-state index contributed by atoms with van der Waals surface area (Å²) in [5, 5.41) is 57.2. The summed E-state index contributed by atoms with van der Waals surface area (Å²) in [7, 11) is -11.3. The van der Waals surface area contributed by atoms with Crippen molar-refractivity contribution in [3.8, 4) is 0 Å². The number of nitrogens with two attached hydrogens (primary N) is 1. The Morgan fingerprint density at radius 1 is 0.912 bits per heavy atom. The normalized spacial score (nSPS) is 31.9. The third-order valence-electron chi connectivity index (χ3n) is 12.2. The summed E-state index contributed by atoms with van der Waals surface area (Å²) in [4.78, 5) is 63.9. The molecule has 0 spiro atoms. The monoisotopic (exact) mass is 1010 g/mol. The van der Waals surface area contributed by atoms with Gasteiger partial charge < -0.3 is 55.3 Å². The van der Waals surface area contributed by atoms with Gasteiger partial charge in [0.15, 0.2) is 6.10 Å². The molecule has 9 N–H and O–H groups in total. The van der Waals surface area contributed by atoms with Gasteiger partial charge in [0.1, 0.15) is 30.9 Å². The van der Waals surface area contributed by atoms with Crippen molar-refractivity contribution in [2.24, 2.45) is 17.8 Å². The summed E-state index contributed by atoms with van der Waals surface area (Å²) in [5.74, 6) is -3.67. The topological polar surface area (TPSA) is 326 Å². The minimum Gasteiger partial charge on any atom is -0.462 e. The number of esters is 2. The summed E-state index contributed by atoms with van der Waals surface area (Å²) in [6, 6.07) is 1.22. The Bertz CT molecular complexity index is 1870. The zero-order chi connectivity index (χ0) is 50.3. The number of anilines is 1. The number of ether oxygens (including phenoxy) is 3. The molecule has 0 amide bonds. The maximum absolute atomic E-state index is 13.3. The highest BCUT2D eigenvalue weighted by Crippen LogP contribution is 2.60. The Morgan fingerprint density at radius 2 is 1.56 bits per heavy atom. The molecular formula is C45H77N3O18P2. The SMILES string of the molecule is CCCCC[C@@H](O)C=C[C@@H]1[C@H](O)[C@H](O)[C@H]2COP(=O)(O)OP(=O)(O)OC[C@@H](COC(=O)CCCCCCCCCCC(C)CC)OC(=O)C/C=C\C[C@@H]([C@H](n3ccc(N)nc3=O)O2)[C@@H](O)C[C@H]1O. The van der Waals surface area contributed by atoms with Crippen molar-refractivity contribution < 1.29 is 81.6 Å². The number of nitrogen functional groups attached to an aromatic ring is 1. The van der Waals surface area contributed by atoms with Crippen LogP contribution >= 0.6 is 15.6 Å². The van der Waals surface area contributed by atoms with Crippen molar-refractivity contribution >= 4 is 33.4 Å². The van der Waals surface area contributed by atoms with Crippen LogP contribution in [0.4, 0.5) is 5.82 Å². The van der Waals surface area contributed by atoms with E-state index in [9.17, 15) is 58.8 Å². The van der Waals surface area contributed by atoms with Crippen LogP contribution in [0.5, 0.6) is 0 Å². The zero-order valence-corrected chi connectivity index (χ0v) is 41.4. The molecule has 1 aromatic rings. The van der Waals surface area contributed by atoms with Gasteiger partial charge in [-0.3, -0.25) is 23.2 Å². The molecule has 3 rings (SSSR count). The van der Waals surface area contributed by atoms with Gasteiger partial charge in [-0.2, -0.15) is 9.29 Å². The second-order valence-electron chi connectivity index (χ2n) is 17.8. The lowest BCUT2D eigenvalue weighted by molar-refractivity contribution is -0.194. The number of hydrogen-bond acceptors (Lipinski definition) is 18. The lowest BCUT2D eigenvalue weighted by Gasteiger charge is -2.40. The van der Waals surface area contributed by atoms with E-state index in [0.29, 0.717) is 19.3 Å². The summed E-state index contributed by atoms with van der Waals surface area (Å²) in [6.45, 7) is 3.69. The van der Waals surface area contributed by atoms with Crippen molar-refractivity contribution in [1.82, 2.24) is 9.55 Å². The number of aliphatic hydroxyl groups is 5. The first-order valence-corrected chi connectivity index (χ1v) is 27.0. The molecule has 2 aliphatic rings. The Balaban J connectivity index is 1.86. The van der Waals surface area contributed by atoms with Gasteiger partial charge in [-0.05, 0) is 31.2 Å². The second-order valence-corrected chi connectivity index (χ2v) is 20.9. The van der Waals surface area contributed by atoms with Crippen LogP contribution in [0.3, 0.4) is 0 Å². The predicted octanol–water partition coefficient (Wildman–Crippen LogP) is 5.29. The minimum absolute atomic E-state index is 0.0609. The number of carbonyl (C=O) groups is 2. The van der Waals surface area contributed by atoms with E-state index in [2.05, 4.69) is 23.1 Å². The van der Waals surface area contributed by atoms with Crippen LogP contribution in [0, 0.1) is 17.8 Å². The Labute approximate surface area is 399 Å². The largest absolute Gasteiger partial charge is 0.481 e. The van der Waals surface area contributed by atoms with E-state index >= 15 is 0 Å². The molecule has 1 aromatic heterocycles. The molecule has 13 atom stereocenters. The number of nitrogens with zero attached hydrogens (tertiary/aromatic N) is 2. The summed E-state index contributed by atoms with van der Waals surface area (Å²) < 4.78 is 58.4. The molecule has 390 valence electrons. The smallest absolute Gasteiger partial charge is 0.462 e. The van der Waals surface area contributed by atoms with Gasteiger partial charge in [0.2, 0.25) is 0 Å². The lowest BCUT2D eigenvalue weighted by Crippen LogP contribution is -2.52. The van der Waals surface area contributed by atoms with Crippen molar-refractivity contribution in [2.45, 2.75) is 185 Å². The molecular weight excluding hydrogens is 932 g/mol. The molecule has 23 heteroatoms. The number of fused-ring (bicyclic) bond motifs is 3. The van der Waals surface area contributed by atoms with Crippen LogP contribution in [0.2, 0.25) is 0 Å². The van der Waals surface area contributed by atoms with Crippen LogP contribution in [-0.2, 0) is 46.3 Å². The van der Waals surface area contributed by atoms with Crippen molar-refractivity contribution in [1.29, 1.82) is 0 Å². The van der Waals surface area contributed by atoms with Gasteiger partial charge in [-0.1, -0.05) is 122 Å². The van der Waals surface area contributed by atoms with E-state index in [1.807, 2.05) is 6.92 Å². The van der Waals surface area contributed by atoms with Crippen LogP contribution in [0.25, 0.3) is 0 Å². The number of rotatable bonds is 21. The summed E-state index contributed by atoms with van der Waals surface area (Å²) >= 11 is 0. The van der Waals surface area contributed by atoms with Gasteiger partial charge >= 0.3 is 33.3 Å². The number of phosphoric acid groups is 2. The lowest BCUT2D eigenvalue weighted by atomic mass is 9.82. The second kappa shape index (κ2) is 30.8. The third kappa shape index (κ3) is 22.0. The van der Waals surface area contributed by atoms with E-state index in [1.54, 1.807) is 0 Å². The molecule has 3 heterocycles. The van der Waals surface area contributed by atoms with E-state index in [0.717, 1.165) is 55.2 Å². The standard InChI is InChI=1S/C45H77N3O18P2/c1-4-6-13-19-32(49)23-24-34-36(50)27-37(51)35-20-16-17-22-41(53)64-33(28-61-40(52)21-15-12-10-8-7-9-11-14-18-31(3)5-2)29-62-67(57,58)66-68(59,60)63-30-38(43(55)42(34)54)65-44(35)48-26-25-39(46)47-45(48)56/h16-17,23-26,31-38,42-44,49-51,54-55H,4-15,18-22,27-30H2,1-3H3,(H,57,58)(H,59,60)(H2,46,47,56)/b17-16-,24-23?/t31?,32-,33-,34+,35-,36-,37+,38-,42+,43-,44-/m1/s1. The highest BCUT2D eigenvalue weighted by atomic mass is 31.3. The number of phosphoric ester groups is 2. The molecule has 1 fully saturated rings. The number of allylic oxidation sites excluding steroid dienone is 1. The van der Waals surface area contributed by atoms with Gasteiger partial charge in [0, 0.05) is 30.9 Å². The number of aromatic nitrogens is 2. The van der Waals surface area contributed by atoms with E-state index in [1.165, 1.54) is 62.5 Å². The number of hydrogen-bond donors (Lipinski definition) is 8. The van der Waals surface area contributed by atoms with Crippen molar-refractivity contribution in [3.05, 3.63) is 47.1 Å². The number of carbonyl (C=O) groups excluding carboxylic acids is 2. The van der Waals surface area contributed by atoms with E-state index in [-0.39, 0.29) is 18.7 Å². The van der Waals surface area contributed by atoms with Crippen LogP contribution < -0.4 is 11.4 Å². The van der Waals surface area contributed by atoms with Crippen molar-refractivity contribution in [3.63, 3.8) is 0 Å². The fourth-order valence-electron chi connectivity index (χ4n) is 7.90. The highest BCUT2D eigenvalue weighted by Gasteiger charge is 2.45. The minimum atomic E-state index is -5.69. The molecule has 3 unspecified atom stereocenters. The number of aliphatic hydroxyl groups excluding tert-OH is 5. The molecule has 21 nitrogen and oxygen atoms in total. The fourth-order valence-corrected chi connectivity index (χ4v) is 10.0. The average molecular weight is 1010 g/mol. The van der Waals surface area contributed by atoms with Crippen LogP contribution in [-0.4, -0.2) is 119 Å². The molecule has 2 aliphatic heterocycles. The van der Waals surface area contributed by atoms with Gasteiger partial charge in [-0.15, -0.1) is 0 Å². The summed E-state index contributed by atoms with van der Waals surface area (Å²) in [5.41, 5.74) is 4.72. The first-order valence-electron chi connectivity index (χ1n) is 24.0. The molecule has 0 radical (unpaired) electrons. The summed E-state index contributed by atoms with van der Waals surface area (Å²) in [6.07, 6.45) is 5.19. The quantitative estimate of drug-likeness (QED) is 0.0336. The molecule has 0 saturated carbocycles. The molecule has 0 aromatic carbocycles. The molecule has 2 bridgehead atoms. The first-order chi connectivity index (χ1) is 32.3. The molecule has 68 heavy (non-hydrogen) atoms. The number of cyclic esters (lactones) is 1. The Morgan fingerprint density at radius 3 is 2.22 bits per heavy atom. The molecule has 1 saturated heterocycles. The number of unbranched alkanes of at least 4 members (excludes halogenated alkanes) is 9. The van der Waals surface area contributed by atoms with Crippen LogP contribution in [0.15, 0.2) is 41.4 Å². The molecule has 0 aliphatic carbocycles. The Hall–Kier alpha value is -2.88.